The lowest BCUT2D eigenvalue weighted by Crippen LogP contribution is -2.34. The fraction of sp³-hybridized carbons (Fsp3) is 0.778. The predicted molar refractivity (Wildman–Crippen MR) is 49.9 cm³/mol. The Kier molecular flexibility index (Phi) is 4.67. The molecule has 0 aromatic heterocycles. The molecule has 0 saturated carbocycles. The smallest absolute Gasteiger partial charge is 0.323 e. The highest BCUT2D eigenvalue weighted by molar-refractivity contribution is 5.86. The van der Waals surface area contributed by atoms with Crippen LogP contribution in [0.2, 0.25) is 0 Å². The zero-order chi connectivity index (χ0) is 11.3. The minimum Gasteiger partial charge on any atom is -0.468 e. The van der Waals surface area contributed by atoms with Crippen molar-refractivity contribution in [1.82, 2.24) is 0 Å². The molecule has 86 valence electrons. The second-order valence-electron chi connectivity index (χ2n) is 3.25. The molecule has 1 rings (SSSR count). The molecule has 1 saturated heterocycles. The van der Waals surface area contributed by atoms with Gasteiger partial charge in [0.25, 0.3) is 0 Å². The molecular formula is C9H15NO5. The summed E-state index contributed by atoms with van der Waals surface area (Å²) < 4.78 is 14.6. The van der Waals surface area contributed by atoms with Crippen molar-refractivity contribution in [2.75, 3.05) is 20.3 Å². The van der Waals surface area contributed by atoms with Crippen LogP contribution in [0.4, 0.5) is 0 Å². The number of carbonyl (C=O) groups is 2. The molecule has 0 spiro atoms. The first-order chi connectivity index (χ1) is 7.13. The summed E-state index contributed by atoms with van der Waals surface area (Å²) in [4.78, 5) is 22.3. The van der Waals surface area contributed by atoms with E-state index in [0.717, 1.165) is 0 Å². The number of rotatable bonds is 5. The SMILES string of the molecule is COC(=O)C(N)CC(=O)CC1OCCO1. The number of hydrogen-bond acceptors (Lipinski definition) is 6. The Labute approximate surface area is 87.7 Å². The van der Waals surface area contributed by atoms with E-state index >= 15 is 0 Å². The zero-order valence-electron chi connectivity index (χ0n) is 8.60. The van der Waals surface area contributed by atoms with Crippen LogP contribution in [-0.4, -0.2) is 44.4 Å². The topological polar surface area (TPSA) is 87.9 Å². The average molecular weight is 217 g/mol. The van der Waals surface area contributed by atoms with Crippen LogP contribution in [-0.2, 0) is 23.8 Å². The Hall–Kier alpha value is -0.980. The van der Waals surface area contributed by atoms with Gasteiger partial charge in [0.15, 0.2) is 6.29 Å². The molecule has 0 amide bonds. The Morgan fingerprint density at radius 2 is 2.07 bits per heavy atom. The van der Waals surface area contributed by atoms with Crippen molar-refractivity contribution in [3.05, 3.63) is 0 Å². The van der Waals surface area contributed by atoms with Gasteiger partial charge in [-0.15, -0.1) is 0 Å². The lowest BCUT2D eigenvalue weighted by molar-refractivity contribution is -0.144. The molecule has 0 aromatic carbocycles. The first-order valence-corrected chi connectivity index (χ1v) is 4.71. The minimum atomic E-state index is -0.899. The maximum Gasteiger partial charge on any atom is 0.323 e. The first-order valence-electron chi connectivity index (χ1n) is 4.71. The molecule has 0 bridgehead atoms. The van der Waals surface area contributed by atoms with Gasteiger partial charge in [0.1, 0.15) is 11.8 Å². The van der Waals surface area contributed by atoms with Gasteiger partial charge >= 0.3 is 5.97 Å². The van der Waals surface area contributed by atoms with Crippen LogP contribution < -0.4 is 5.73 Å². The van der Waals surface area contributed by atoms with Gasteiger partial charge in [-0.05, 0) is 0 Å². The van der Waals surface area contributed by atoms with Gasteiger partial charge in [0.05, 0.1) is 26.7 Å². The van der Waals surface area contributed by atoms with Crippen LogP contribution >= 0.6 is 0 Å². The van der Waals surface area contributed by atoms with E-state index in [1.54, 1.807) is 0 Å². The van der Waals surface area contributed by atoms with Gasteiger partial charge in [0.2, 0.25) is 0 Å². The van der Waals surface area contributed by atoms with Crippen molar-refractivity contribution in [3.63, 3.8) is 0 Å². The van der Waals surface area contributed by atoms with Gasteiger partial charge in [-0.1, -0.05) is 0 Å². The van der Waals surface area contributed by atoms with E-state index < -0.39 is 18.3 Å². The summed E-state index contributed by atoms with van der Waals surface area (Å²) in [7, 11) is 1.23. The molecule has 0 radical (unpaired) electrons. The van der Waals surface area contributed by atoms with Crippen LogP contribution in [0.5, 0.6) is 0 Å². The van der Waals surface area contributed by atoms with Gasteiger partial charge < -0.3 is 19.9 Å². The Morgan fingerprint density at radius 3 is 2.60 bits per heavy atom. The maximum atomic E-state index is 11.4. The van der Waals surface area contributed by atoms with Crippen LogP contribution in [0.1, 0.15) is 12.8 Å². The van der Waals surface area contributed by atoms with Crippen LogP contribution in [0.15, 0.2) is 0 Å². The molecule has 6 nitrogen and oxygen atoms in total. The molecule has 1 unspecified atom stereocenters. The normalized spacial score (nSPS) is 18.8. The van der Waals surface area contributed by atoms with E-state index in [1.165, 1.54) is 7.11 Å². The van der Waals surface area contributed by atoms with Gasteiger partial charge in [0, 0.05) is 6.42 Å². The van der Waals surface area contributed by atoms with Crippen LogP contribution in [0.3, 0.4) is 0 Å². The third-order valence-electron chi connectivity index (χ3n) is 2.04. The van der Waals surface area contributed by atoms with Crippen LogP contribution in [0, 0.1) is 0 Å². The molecule has 1 heterocycles. The first kappa shape index (κ1) is 12.1. The van der Waals surface area contributed by atoms with Gasteiger partial charge in [-0.25, -0.2) is 0 Å². The summed E-state index contributed by atoms with van der Waals surface area (Å²) in [6.45, 7) is 1.00. The molecule has 15 heavy (non-hydrogen) atoms. The minimum absolute atomic E-state index is 0.0457. The van der Waals surface area contributed by atoms with Crippen LogP contribution in [0.25, 0.3) is 0 Å². The number of hydrogen-bond donors (Lipinski definition) is 1. The van der Waals surface area contributed by atoms with E-state index in [-0.39, 0.29) is 18.6 Å². The molecule has 1 atom stereocenters. The average Bonchev–Trinajstić information content (AvgIpc) is 2.68. The lowest BCUT2D eigenvalue weighted by atomic mass is 10.1. The molecule has 0 aromatic rings. The Balaban J connectivity index is 2.25. The van der Waals surface area contributed by atoms with Crippen molar-refractivity contribution in [3.8, 4) is 0 Å². The Bertz CT molecular complexity index is 237. The van der Waals surface area contributed by atoms with Crippen molar-refractivity contribution >= 4 is 11.8 Å². The summed E-state index contributed by atoms with van der Waals surface area (Å²) in [5.41, 5.74) is 5.43. The zero-order valence-corrected chi connectivity index (χ0v) is 8.60. The molecule has 1 aliphatic heterocycles. The number of nitrogens with two attached hydrogens (primary N) is 1. The largest absolute Gasteiger partial charge is 0.468 e. The summed E-state index contributed by atoms with van der Waals surface area (Å²) in [5, 5.41) is 0. The summed E-state index contributed by atoms with van der Waals surface area (Å²) >= 11 is 0. The van der Waals surface area contributed by atoms with Crippen molar-refractivity contribution in [2.45, 2.75) is 25.2 Å². The summed E-state index contributed by atoms with van der Waals surface area (Å²) in [5.74, 6) is -0.753. The maximum absolute atomic E-state index is 11.4. The molecule has 1 aliphatic rings. The van der Waals surface area contributed by atoms with E-state index in [9.17, 15) is 9.59 Å². The second-order valence-corrected chi connectivity index (χ2v) is 3.25. The van der Waals surface area contributed by atoms with Crippen molar-refractivity contribution < 1.29 is 23.8 Å². The van der Waals surface area contributed by atoms with Gasteiger partial charge in [-0.2, -0.15) is 0 Å². The second kappa shape index (κ2) is 5.79. The van der Waals surface area contributed by atoms with E-state index in [1.807, 2.05) is 0 Å². The van der Waals surface area contributed by atoms with E-state index in [4.69, 9.17) is 15.2 Å². The molecule has 0 aliphatic carbocycles. The number of esters is 1. The Morgan fingerprint density at radius 1 is 1.47 bits per heavy atom. The van der Waals surface area contributed by atoms with Gasteiger partial charge in [-0.3, -0.25) is 9.59 Å². The number of methoxy groups -OCH3 is 1. The summed E-state index contributed by atoms with van der Waals surface area (Å²) in [6, 6.07) is -0.899. The van der Waals surface area contributed by atoms with Crippen molar-refractivity contribution in [1.29, 1.82) is 0 Å². The fourth-order valence-electron chi connectivity index (χ4n) is 1.27. The summed E-state index contributed by atoms with van der Waals surface area (Å²) in [6.07, 6.45) is -0.400. The highest BCUT2D eigenvalue weighted by atomic mass is 16.7. The molecular weight excluding hydrogens is 202 g/mol. The third-order valence-corrected chi connectivity index (χ3v) is 2.04. The monoisotopic (exact) mass is 217 g/mol. The number of carbonyl (C=O) groups excluding carboxylic acids is 2. The van der Waals surface area contributed by atoms with E-state index in [0.29, 0.717) is 13.2 Å². The molecule has 1 fully saturated rings. The molecule has 2 N–H and O–H groups in total. The number of ketones is 1. The quantitative estimate of drug-likeness (QED) is 0.607. The highest BCUT2D eigenvalue weighted by Gasteiger charge is 2.23. The highest BCUT2D eigenvalue weighted by Crippen LogP contribution is 2.10. The lowest BCUT2D eigenvalue weighted by Gasteiger charge is -2.10. The standard InChI is InChI=1S/C9H15NO5/c1-13-9(12)7(10)4-6(11)5-8-14-2-3-15-8/h7-8H,2-5,10H2,1H3. The number of Topliss-reactive ketones (excluding diaryl/α,β-unsaturated/α-hetero) is 1. The fourth-order valence-corrected chi connectivity index (χ4v) is 1.27. The third kappa shape index (κ3) is 3.94. The van der Waals surface area contributed by atoms with E-state index in [2.05, 4.69) is 4.74 Å². The number of ether oxygens (including phenoxy) is 3. The molecule has 6 heteroatoms. The van der Waals surface area contributed by atoms with Crippen molar-refractivity contribution in [2.24, 2.45) is 5.73 Å². The predicted octanol–water partition coefficient (Wildman–Crippen LogP) is -0.791.